The van der Waals surface area contributed by atoms with Gasteiger partial charge in [-0.05, 0) is 24.3 Å². The number of anilines is 1. The minimum Gasteiger partial charge on any atom is -0.508 e. The van der Waals surface area contributed by atoms with Crippen LogP contribution < -0.4 is 5.32 Å². The Balaban J connectivity index is 2.01. The summed E-state index contributed by atoms with van der Waals surface area (Å²) in [5.41, 5.74) is 0.961. The van der Waals surface area contributed by atoms with Gasteiger partial charge in [0.15, 0.2) is 5.17 Å². The highest BCUT2D eigenvalue weighted by Crippen LogP contribution is 2.22. The summed E-state index contributed by atoms with van der Waals surface area (Å²) in [6.07, 6.45) is 0. The van der Waals surface area contributed by atoms with E-state index in [0.29, 0.717) is 5.25 Å². The van der Waals surface area contributed by atoms with Gasteiger partial charge in [-0.2, -0.15) is 0 Å². The second-order valence-corrected chi connectivity index (χ2v) is 4.67. The van der Waals surface area contributed by atoms with Crippen LogP contribution in [0, 0.1) is 0 Å². The molecule has 4 heteroatoms. The highest BCUT2D eigenvalue weighted by Gasteiger charge is 2.14. The summed E-state index contributed by atoms with van der Waals surface area (Å²) < 4.78 is 0. The number of benzene rings is 1. The van der Waals surface area contributed by atoms with Gasteiger partial charge in [0.25, 0.3) is 0 Å². The number of nitrogens with zero attached hydrogens (tertiary/aromatic N) is 1. The molecule has 0 spiro atoms. The van der Waals surface area contributed by atoms with E-state index in [2.05, 4.69) is 17.2 Å². The molecule has 0 fully saturated rings. The van der Waals surface area contributed by atoms with Crippen molar-refractivity contribution in [3.63, 3.8) is 0 Å². The molecule has 0 aliphatic carbocycles. The lowest BCUT2D eigenvalue weighted by Crippen LogP contribution is -2.05. The zero-order chi connectivity index (χ0) is 9.97. The topological polar surface area (TPSA) is 44.6 Å². The zero-order valence-corrected chi connectivity index (χ0v) is 8.71. The Kier molecular flexibility index (Phi) is 2.63. The molecule has 2 rings (SSSR count). The normalized spacial score (nSPS) is 20.6. The molecular formula is C10H12N2OS. The van der Waals surface area contributed by atoms with Gasteiger partial charge in [0.05, 0.1) is 6.54 Å². The predicted molar refractivity (Wildman–Crippen MR) is 61.1 cm³/mol. The Bertz CT molecular complexity index is 348. The third-order valence-corrected chi connectivity index (χ3v) is 2.93. The van der Waals surface area contributed by atoms with E-state index < -0.39 is 0 Å². The molecule has 1 aliphatic heterocycles. The zero-order valence-electron chi connectivity index (χ0n) is 7.90. The molecule has 74 valence electrons. The van der Waals surface area contributed by atoms with Gasteiger partial charge in [-0.3, -0.25) is 4.99 Å². The van der Waals surface area contributed by atoms with Crippen molar-refractivity contribution in [2.45, 2.75) is 12.2 Å². The first-order valence-corrected chi connectivity index (χ1v) is 5.39. The van der Waals surface area contributed by atoms with Gasteiger partial charge >= 0.3 is 0 Å². The van der Waals surface area contributed by atoms with Gasteiger partial charge in [0.2, 0.25) is 0 Å². The first-order valence-electron chi connectivity index (χ1n) is 4.51. The summed E-state index contributed by atoms with van der Waals surface area (Å²) in [7, 11) is 0. The van der Waals surface area contributed by atoms with Crippen LogP contribution in [-0.4, -0.2) is 22.1 Å². The summed E-state index contributed by atoms with van der Waals surface area (Å²) >= 11 is 1.74. The number of aliphatic imine (C=N–C) groups is 1. The van der Waals surface area contributed by atoms with Crippen LogP contribution in [-0.2, 0) is 0 Å². The molecule has 0 radical (unpaired) electrons. The van der Waals surface area contributed by atoms with Crippen molar-refractivity contribution in [1.29, 1.82) is 0 Å². The van der Waals surface area contributed by atoms with Crippen LogP contribution in [0.4, 0.5) is 5.69 Å². The molecule has 0 aromatic heterocycles. The average Bonchev–Trinajstić information content (AvgIpc) is 2.56. The van der Waals surface area contributed by atoms with E-state index in [-0.39, 0.29) is 5.75 Å². The first-order chi connectivity index (χ1) is 6.74. The number of nitrogens with one attached hydrogen (secondary N) is 1. The quantitative estimate of drug-likeness (QED) is 0.696. The van der Waals surface area contributed by atoms with E-state index in [9.17, 15) is 0 Å². The van der Waals surface area contributed by atoms with Crippen LogP contribution >= 0.6 is 11.8 Å². The number of rotatable bonds is 1. The van der Waals surface area contributed by atoms with E-state index in [1.165, 1.54) is 0 Å². The second-order valence-electron chi connectivity index (χ2n) is 3.25. The molecule has 2 N–H and O–H groups in total. The SMILES string of the molecule is CC1CN=C(Nc2ccc(O)cc2)S1. The van der Waals surface area contributed by atoms with Gasteiger partial charge in [-0.1, -0.05) is 18.7 Å². The van der Waals surface area contributed by atoms with Crippen molar-refractivity contribution in [2.24, 2.45) is 4.99 Å². The number of phenolic OH excluding ortho intramolecular Hbond substituents is 1. The Labute approximate surface area is 87.2 Å². The highest BCUT2D eigenvalue weighted by atomic mass is 32.2. The smallest absolute Gasteiger partial charge is 0.161 e. The third-order valence-electron chi connectivity index (χ3n) is 1.92. The average molecular weight is 208 g/mol. The van der Waals surface area contributed by atoms with Crippen LogP contribution in [0.5, 0.6) is 5.75 Å². The van der Waals surface area contributed by atoms with E-state index in [4.69, 9.17) is 5.11 Å². The Morgan fingerprint density at radius 2 is 2.14 bits per heavy atom. The number of phenols is 1. The number of hydrogen-bond acceptors (Lipinski definition) is 4. The van der Waals surface area contributed by atoms with Crippen molar-refractivity contribution in [3.05, 3.63) is 24.3 Å². The number of amidine groups is 1. The molecule has 14 heavy (non-hydrogen) atoms. The molecule has 1 aromatic rings. The van der Waals surface area contributed by atoms with Crippen molar-refractivity contribution >= 4 is 22.6 Å². The van der Waals surface area contributed by atoms with Crippen molar-refractivity contribution in [1.82, 2.24) is 0 Å². The fraction of sp³-hybridized carbons (Fsp3) is 0.300. The third kappa shape index (κ3) is 2.20. The lowest BCUT2D eigenvalue weighted by Gasteiger charge is -2.05. The largest absolute Gasteiger partial charge is 0.508 e. The van der Waals surface area contributed by atoms with E-state index in [1.54, 1.807) is 23.9 Å². The van der Waals surface area contributed by atoms with Gasteiger partial charge in [-0.15, -0.1) is 0 Å². The first kappa shape index (κ1) is 9.40. The van der Waals surface area contributed by atoms with Gasteiger partial charge in [-0.25, -0.2) is 0 Å². The van der Waals surface area contributed by atoms with Crippen LogP contribution in [0.1, 0.15) is 6.92 Å². The van der Waals surface area contributed by atoms with Gasteiger partial charge < -0.3 is 10.4 Å². The lowest BCUT2D eigenvalue weighted by atomic mass is 10.3. The summed E-state index contributed by atoms with van der Waals surface area (Å²) in [4.78, 5) is 4.34. The number of aromatic hydroxyl groups is 1. The lowest BCUT2D eigenvalue weighted by molar-refractivity contribution is 0.475. The molecule has 1 unspecified atom stereocenters. The van der Waals surface area contributed by atoms with Crippen LogP contribution in [0.3, 0.4) is 0 Å². The Morgan fingerprint density at radius 1 is 1.43 bits per heavy atom. The minimum absolute atomic E-state index is 0.282. The maximum absolute atomic E-state index is 9.10. The summed E-state index contributed by atoms with van der Waals surface area (Å²) in [5, 5.41) is 13.8. The van der Waals surface area contributed by atoms with Gasteiger partial charge in [0, 0.05) is 10.9 Å². The maximum atomic E-state index is 9.10. The molecule has 0 saturated heterocycles. The van der Waals surface area contributed by atoms with Crippen LogP contribution in [0.15, 0.2) is 29.3 Å². The molecule has 0 saturated carbocycles. The van der Waals surface area contributed by atoms with Crippen molar-refractivity contribution in [3.8, 4) is 5.75 Å². The summed E-state index contributed by atoms with van der Waals surface area (Å²) in [6.45, 7) is 3.03. The summed E-state index contributed by atoms with van der Waals surface area (Å²) in [6, 6.07) is 6.99. The molecule has 3 nitrogen and oxygen atoms in total. The van der Waals surface area contributed by atoms with Gasteiger partial charge in [0.1, 0.15) is 5.75 Å². The van der Waals surface area contributed by atoms with Crippen molar-refractivity contribution in [2.75, 3.05) is 11.9 Å². The fourth-order valence-corrected chi connectivity index (χ4v) is 2.07. The van der Waals surface area contributed by atoms with Crippen LogP contribution in [0.25, 0.3) is 0 Å². The number of thioether (sulfide) groups is 1. The van der Waals surface area contributed by atoms with Crippen LogP contribution in [0.2, 0.25) is 0 Å². The summed E-state index contributed by atoms with van der Waals surface area (Å²) in [5.74, 6) is 0.282. The monoisotopic (exact) mass is 208 g/mol. The second kappa shape index (κ2) is 3.92. The molecular weight excluding hydrogens is 196 g/mol. The van der Waals surface area contributed by atoms with E-state index >= 15 is 0 Å². The van der Waals surface area contributed by atoms with Crippen molar-refractivity contribution < 1.29 is 5.11 Å². The standard InChI is InChI=1S/C10H12N2OS/c1-7-6-11-10(14-7)12-8-2-4-9(13)5-3-8/h2-5,7,13H,6H2,1H3,(H,11,12). The molecule has 1 heterocycles. The van der Waals surface area contributed by atoms with E-state index in [0.717, 1.165) is 17.4 Å². The Hall–Kier alpha value is -1.16. The Morgan fingerprint density at radius 3 is 2.71 bits per heavy atom. The molecule has 1 atom stereocenters. The number of hydrogen-bond donors (Lipinski definition) is 2. The minimum atomic E-state index is 0.282. The highest BCUT2D eigenvalue weighted by molar-refractivity contribution is 8.15. The maximum Gasteiger partial charge on any atom is 0.161 e. The van der Waals surface area contributed by atoms with E-state index in [1.807, 2.05) is 12.1 Å². The molecule has 0 amide bonds. The fourth-order valence-electron chi connectivity index (χ4n) is 1.21. The molecule has 1 aromatic carbocycles. The molecule has 0 bridgehead atoms. The predicted octanol–water partition coefficient (Wildman–Crippen LogP) is 2.30. The molecule has 1 aliphatic rings.